The van der Waals surface area contributed by atoms with Gasteiger partial charge >= 0.3 is 0 Å². The molecule has 12 bridgehead atoms. The number of aryl methyl sites for hydroxylation is 1. The van der Waals surface area contributed by atoms with Crippen molar-refractivity contribution in [2.75, 3.05) is 9.80 Å². The predicted molar refractivity (Wildman–Crippen MR) is 250 cm³/mol. The summed E-state index contributed by atoms with van der Waals surface area (Å²) < 4.78 is 92.0. The fourth-order valence-corrected chi connectivity index (χ4v) is 8.44. The van der Waals surface area contributed by atoms with Gasteiger partial charge in [-0.3, -0.25) is 0 Å². The Morgan fingerprint density at radius 1 is 0.619 bits per heavy atom. The van der Waals surface area contributed by atoms with E-state index in [9.17, 15) is 2.74 Å². The molecular weight excluding hydrogens is 956 g/mol. The first-order chi connectivity index (χ1) is 34.2. The van der Waals surface area contributed by atoms with Gasteiger partial charge in [0.05, 0.1) is 4.11 Å². The quantitative estimate of drug-likeness (QED) is 0.153. The Morgan fingerprint density at radius 3 is 2.16 bits per heavy atom. The first-order valence-corrected chi connectivity index (χ1v) is 20.0. The summed E-state index contributed by atoms with van der Waals surface area (Å²) in [5.74, 6) is 1.51. The summed E-state index contributed by atoms with van der Waals surface area (Å²) in [5.41, 5.74) is 8.29. The van der Waals surface area contributed by atoms with Gasteiger partial charge < -0.3 is 23.8 Å². The normalized spacial score (nSPS) is 15.1. The van der Waals surface area contributed by atoms with E-state index in [1.807, 2.05) is 85.5 Å². The van der Waals surface area contributed by atoms with Crippen LogP contribution in [0, 0.1) is 32.5 Å². The molecule has 5 aliphatic rings. The van der Waals surface area contributed by atoms with E-state index in [1.165, 1.54) is 0 Å². The van der Waals surface area contributed by atoms with Crippen molar-refractivity contribution < 1.29 is 42.9 Å². The van der Waals surface area contributed by atoms with Gasteiger partial charge in [0.25, 0.3) is 0 Å². The van der Waals surface area contributed by atoms with Crippen molar-refractivity contribution in [2.24, 2.45) is 0 Å². The molecular formula is C56H37N4O2Pt-3. The number of hydrogen-bond donors (Lipinski definition) is 0. The molecule has 0 amide bonds. The molecule has 15 rings (SSSR count). The summed E-state index contributed by atoms with van der Waals surface area (Å²) in [5, 5.41) is 0.550. The van der Waals surface area contributed by atoms with Gasteiger partial charge in [0.15, 0.2) is 0 Å². The predicted octanol–water partition coefficient (Wildman–Crippen LogP) is 14.7. The number of ether oxygens (including phenoxy) is 2. The molecule has 0 spiro atoms. The van der Waals surface area contributed by atoms with Crippen molar-refractivity contribution >= 4 is 44.6 Å². The van der Waals surface area contributed by atoms with Crippen LogP contribution in [-0.4, -0.2) is 9.55 Å². The Morgan fingerprint density at radius 2 is 1.37 bits per heavy atom. The van der Waals surface area contributed by atoms with Crippen molar-refractivity contribution in [3.63, 3.8) is 0 Å². The number of rotatable bonds is 1. The topological polar surface area (TPSA) is 42.8 Å². The average Bonchev–Trinajstić information content (AvgIpc) is 3.92. The van der Waals surface area contributed by atoms with E-state index in [-0.39, 0.29) is 54.8 Å². The van der Waals surface area contributed by atoms with Crippen molar-refractivity contribution in [3.05, 3.63) is 212 Å². The first-order valence-electron chi connectivity index (χ1n) is 24.5. The van der Waals surface area contributed by atoms with E-state index < -0.39 is 37.4 Å². The molecule has 306 valence electrons. The monoisotopic (exact) mass is 1000 g/mol. The molecule has 7 heteroatoms. The standard InChI is InChI=1S/C56H37N4O2.Pt/c1-36-18-27-50-49(30-36)48-26-25-45-33-53(48)60(50)55-29-22-41(34-57-55)40-21-28-54(37(2)31-40)62-43-23-19-39(20-24-43)47-15-9-14-46(38-10-4-3-5-11-38)56(47)59-35-58(51-16-6-7-17-52(51)59)42-12-8-13-44(32-42)61-45;/h3-31,34-35H,1-2H3;/q-3;/i1D3,2D3,18D,27D,30D;. The molecule has 63 heavy (non-hydrogen) atoms. The number of para-hydroxylation sites is 3. The Hall–Kier alpha value is -7.40. The summed E-state index contributed by atoms with van der Waals surface area (Å²) in [6, 6.07) is 54.9. The maximum absolute atomic E-state index is 9.21. The minimum absolute atomic E-state index is 0. The Balaban J connectivity index is 0.00000560. The number of benzene rings is 8. The molecule has 0 atom stereocenters. The molecule has 5 aliphatic heterocycles. The van der Waals surface area contributed by atoms with Crippen LogP contribution >= 0.6 is 0 Å². The van der Waals surface area contributed by atoms with Crippen LogP contribution in [0.3, 0.4) is 0 Å². The third-order valence-corrected chi connectivity index (χ3v) is 11.3. The maximum atomic E-state index is 9.21. The SMILES string of the molecule is [2H]c1c(C([2H])([2H])[2H])c([2H])c2c3ccc4[c-]c3n(c2c1[2H])-c1ccc(cn1)-c1ccc(c(C([2H])([2H])[2H])c1)Oc1ccc(cc1)-c1cccc(-c2ccccc2)c1N1[CH-]N(c2[c-]c(ccc2)O4)c2ccccc21.[Pt]. The van der Waals surface area contributed by atoms with Gasteiger partial charge in [-0.1, -0.05) is 102 Å². The number of nitrogens with zero attached hydrogens (tertiary/aromatic N) is 4. The van der Waals surface area contributed by atoms with Gasteiger partial charge in [0.2, 0.25) is 0 Å². The zero-order valence-electron chi connectivity index (χ0n) is 42.1. The number of pyridine rings is 1. The zero-order chi connectivity index (χ0) is 48.9. The van der Waals surface area contributed by atoms with Crippen LogP contribution in [0.2, 0.25) is 0 Å². The molecule has 0 fully saturated rings. The second kappa shape index (κ2) is 15.5. The third-order valence-electron chi connectivity index (χ3n) is 11.3. The van der Waals surface area contributed by atoms with Crippen LogP contribution in [0.1, 0.15) is 23.5 Å². The first kappa shape index (κ1) is 29.8. The minimum atomic E-state index is -2.84. The molecule has 2 aromatic heterocycles. The van der Waals surface area contributed by atoms with Crippen molar-refractivity contribution in [2.45, 2.75) is 13.7 Å². The smallest absolute Gasteiger partial charge is 0.135 e. The second-order valence-electron chi connectivity index (χ2n) is 15.1. The van der Waals surface area contributed by atoms with Gasteiger partial charge in [-0.05, 0) is 95.9 Å². The van der Waals surface area contributed by atoms with Crippen LogP contribution in [0.5, 0.6) is 23.0 Å². The Bertz CT molecular complexity index is 3770. The Kier molecular flexibility index (Phi) is 7.33. The van der Waals surface area contributed by atoms with Gasteiger partial charge in [-0.2, -0.15) is 12.1 Å². The van der Waals surface area contributed by atoms with Gasteiger partial charge in [-0.15, -0.1) is 48.1 Å². The fourth-order valence-electron chi connectivity index (χ4n) is 8.44. The summed E-state index contributed by atoms with van der Waals surface area (Å²) >= 11 is 0. The Labute approximate surface area is 393 Å². The van der Waals surface area contributed by atoms with Gasteiger partial charge in [-0.25, -0.2) is 4.98 Å². The second-order valence-corrected chi connectivity index (χ2v) is 15.1. The summed E-state index contributed by atoms with van der Waals surface area (Å²) in [7, 11) is 0. The van der Waals surface area contributed by atoms with Crippen LogP contribution in [-0.2, 0) is 21.1 Å². The molecule has 0 saturated heterocycles. The van der Waals surface area contributed by atoms with Crippen molar-refractivity contribution in [1.82, 2.24) is 9.55 Å². The number of aromatic nitrogens is 2. The summed E-state index contributed by atoms with van der Waals surface area (Å²) in [6.45, 7) is -3.36. The molecule has 0 saturated carbocycles. The molecule has 6 nitrogen and oxygen atoms in total. The van der Waals surface area contributed by atoms with Gasteiger partial charge in [0.1, 0.15) is 17.3 Å². The van der Waals surface area contributed by atoms with Crippen LogP contribution in [0.25, 0.3) is 61.0 Å². The maximum Gasteiger partial charge on any atom is 0.135 e. The summed E-state index contributed by atoms with van der Waals surface area (Å²) in [6.07, 6.45) is 1.56. The number of anilines is 4. The molecule has 0 radical (unpaired) electrons. The molecule has 0 aliphatic carbocycles. The van der Waals surface area contributed by atoms with Gasteiger partial charge in [0, 0.05) is 86.3 Å². The average molecular weight is 1000 g/mol. The van der Waals surface area contributed by atoms with E-state index in [4.69, 9.17) is 24.1 Å². The fraction of sp³-hybridized carbons (Fsp3) is 0.0357. The molecule has 8 aromatic carbocycles. The zero-order valence-corrected chi connectivity index (χ0v) is 35.4. The van der Waals surface area contributed by atoms with Crippen LogP contribution in [0.4, 0.5) is 22.7 Å². The third kappa shape index (κ3) is 6.66. The molecule has 10 aromatic rings. The van der Waals surface area contributed by atoms with Crippen molar-refractivity contribution in [1.29, 1.82) is 0 Å². The molecule has 0 unspecified atom stereocenters. The van der Waals surface area contributed by atoms with Crippen LogP contribution in [0.15, 0.2) is 182 Å². The molecule has 7 heterocycles. The van der Waals surface area contributed by atoms with E-state index in [0.717, 1.165) is 39.3 Å². The van der Waals surface area contributed by atoms with E-state index in [2.05, 4.69) is 52.3 Å². The number of fused-ring (bicyclic) bond motifs is 6. The largest absolute Gasteiger partial charge is 0.509 e. The van der Waals surface area contributed by atoms with Crippen LogP contribution < -0.4 is 19.3 Å². The van der Waals surface area contributed by atoms with E-state index in [1.54, 1.807) is 59.3 Å². The van der Waals surface area contributed by atoms with E-state index >= 15 is 0 Å². The van der Waals surface area contributed by atoms with Crippen molar-refractivity contribution in [3.8, 4) is 62.2 Å². The van der Waals surface area contributed by atoms with E-state index in [0.29, 0.717) is 39.2 Å². The minimum Gasteiger partial charge on any atom is -0.509 e. The summed E-state index contributed by atoms with van der Waals surface area (Å²) in [4.78, 5) is 9.02. The molecule has 0 N–H and O–H groups in total. The number of hydrogen-bond acceptors (Lipinski definition) is 5.